The molecule has 0 saturated carbocycles. The highest BCUT2D eigenvalue weighted by Gasteiger charge is 2.33. The Morgan fingerprint density at radius 2 is 1.95 bits per heavy atom. The maximum Gasteiger partial charge on any atom is 0.323 e. The number of nitrogens with zero attached hydrogens (tertiary/aromatic N) is 1. The second-order valence-electron chi connectivity index (χ2n) is 6.12. The topological polar surface area (TPSA) is 70.8 Å². The fraction of sp³-hybridized carbons (Fsp3) is 0.375. The lowest BCUT2D eigenvalue weighted by molar-refractivity contribution is 0.0556. The van der Waals surface area contributed by atoms with Crippen molar-refractivity contribution < 1.29 is 4.74 Å². The molecule has 0 amide bonds. The van der Waals surface area contributed by atoms with Crippen LogP contribution in [-0.2, 0) is 10.2 Å². The highest BCUT2D eigenvalue weighted by Crippen LogP contribution is 2.38. The first kappa shape index (κ1) is 14.0. The summed E-state index contributed by atoms with van der Waals surface area (Å²) in [5.74, 6) is 0. The molecule has 1 fully saturated rings. The molecular formula is C16H16BrN3O2. The van der Waals surface area contributed by atoms with Crippen LogP contribution in [0.3, 0.4) is 0 Å². The van der Waals surface area contributed by atoms with E-state index < -0.39 is 0 Å². The van der Waals surface area contributed by atoms with Gasteiger partial charge in [-0.25, -0.2) is 9.78 Å². The summed E-state index contributed by atoms with van der Waals surface area (Å²) in [5, 5.41) is 0.946. The van der Waals surface area contributed by atoms with Crippen LogP contribution in [0.1, 0.15) is 25.5 Å². The molecule has 3 aromatic rings. The Balaban J connectivity index is 2.08. The van der Waals surface area contributed by atoms with E-state index >= 15 is 0 Å². The minimum atomic E-state index is -0.193. The van der Waals surface area contributed by atoms with Crippen molar-refractivity contribution in [1.82, 2.24) is 15.0 Å². The zero-order valence-electron chi connectivity index (χ0n) is 12.2. The van der Waals surface area contributed by atoms with Gasteiger partial charge in [0.1, 0.15) is 0 Å². The predicted molar refractivity (Wildman–Crippen MR) is 89.3 cm³/mol. The molecular weight excluding hydrogens is 346 g/mol. The molecule has 1 aliphatic heterocycles. The highest BCUT2D eigenvalue weighted by atomic mass is 79.9. The van der Waals surface area contributed by atoms with Crippen molar-refractivity contribution in [3.05, 3.63) is 38.9 Å². The van der Waals surface area contributed by atoms with Crippen LogP contribution in [0.5, 0.6) is 0 Å². The van der Waals surface area contributed by atoms with Crippen molar-refractivity contribution in [1.29, 1.82) is 0 Å². The largest absolute Gasteiger partial charge is 0.381 e. The summed E-state index contributed by atoms with van der Waals surface area (Å²) in [6.07, 6.45) is 1.81. The number of aromatic nitrogens is 3. The number of benzene rings is 1. The Kier molecular flexibility index (Phi) is 3.13. The lowest BCUT2D eigenvalue weighted by atomic mass is 9.78. The molecule has 0 aliphatic carbocycles. The Bertz CT molecular complexity index is 922. The average Bonchev–Trinajstić information content (AvgIpc) is 2.89. The lowest BCUT2D eigenvalue weighted by Crippen LogP contribution is -2.32. The average molecular weight is 362 g/mol. The van der Waals surface area contributed by atoms with Crippen LogP contribution in [0.15, 0.2) is 27.5 Å². The number of pyridine rings is 1. The van der Waals surface area contributed by atoms with E-state index in [2.05, 4.69) is 32.8 Å². The summed E-state index contributed by atoms with van der Waals surface area (Å²) in [4.78, 5) is 22.6. The summed E-state index contributed by atoms with van der Waals surface area (Å²) >= 11 is 3.48. The molecule has 1 aromatic carbocycles. The summed E-state index contributed by atoms with van der Waals surface area (Å²) in [6.45, 7) is 3.66. The van der Waals surface area contributed by atoms with Gasteiger partial charge in [0.15, 0.2) is 0 Å². The van der Waals surface area contributed by atoms with E-state index in [1.807, 2.05) is 18.2 Å². The summed E-state index contributed by atoms with van der Waals surface area (Å²) in [7, 11) is 0. The van der Waals surface area contributed by atoms with Crippen LogP contribution < -0.4 is 5.69 Å². The molecule has 0 spiro atoms. The summed E-state index contributed by atoms with van der Waals surface area (Å²) in [5.41, 5.74) is 3.23. The molecule has 0 atom stereocenters. The molecule has 3 heterocycles. The van der Waals surface area contributed by atoms with E-state index in [4.69, 9.17) is 9.72 Å². The maximum atomic E-state index is 11.9. The van der Waals surface area contributed by atoms with Gasteiger partial charge in [0.2, 0.25) is 0 Å². The number of halogens is 1. The summed E-state index contributed by atoms with van der Waals surface area (Å²) < 4.78 is 6.46. The van der Waals surface area contributed by atoms with Gasteiger partial charge in [-0.15, -0.1) is 0 Å². The number of H-pyrrole nitrogens is 2. The number of hydrogen-bond donors (Lipinski definition) is 2. The molecule has 2 aromatic heterocycles. The fourth-order valence-electron chi connectivity index (χ4n) is 3.24. The van der Waals surface area contributed by atoms with Crippen LogP contribution in [-0.4, -0.2) is 28.2 Å². The number of nitrogens with one attached hydrogen (secondary N) is 2. The molecule has 4 rings (SSSR count). The van der Waals surface area contributed by atoms with E-state index in [-0.39, 0.29) is 11.1 Å². The molecule has 1 saturated heterocycles. The van der Waals surface area contributed by atoms with Crippen molar-refractivity contribution in [2.75, 3.05) is 13.2 Å². The van der Waals surface area contributed by atoms with Gasteiger partial charge in [-0.3, -0.25) is 0 Å². The molecule has 1 aliphatic rings. The van der Waals surface area contributed by atoms with E-state index in [9.17, 15) is 4.79 Å². The normalized spacial score (nSPS) is 18.1. The first-order valence-electron chi connectivity index (χ1n) is 7.36. The summed E-state index contributed by atoms with van der Waals surface area (Å²) in [6, 6.07) is 5.95. The van der Waals surface area contributed by atoms with E-state index in [1.54, 1.807) is 0 Å². The second kappa shape index (κ2) is 4.93. The quantitative estimate of drug-likeness (QED) is 0.698. The molecule has 0 radical (unpaired) electrons. The van der Waals surface area contributed by atoms with Crippen LogP contribution in [0, 0.1) is 0 Å². The molecule has 2 N–H and O–H groups in total. The molecule has 22 heavy (non-hydrogen) atoms. The molecule has 114 valence electrons. The Hall–Kier alpha value is -1.66. The smallest absolute Gasteiger partial charge is 0.323 e. The zero-order chi connectivity index (χ0) is 15.3. The molecule has 6 heteroatoms. The predicted octanol–water partition coefficient (Wildman–Crippen LogP) is 3.24. The first-order valence-corrected chi connectivity index (χ1v) is 8.16. The highest BCUT2D eigenvalue weighted by molar-refractivity contribution is 9.10. The van der Waals surface area contributed by atoms with Crippen LogP contribution in [0.25, 0.3) is 21.9 Å². The lowest BCUT2D eigenvalue weighted by Gasteiger charge is -2.33. The van der Waals surface area contributed by atoms with Gasteiger partial charge in [-0.05, 0) is 31.0 Å². The Morgan fingerprint density at radius 1 is 1.23 bits per heavy atom. The van der Waals surface area contributed by atoms with Crippen LogP contribution in [0.4, 0.5) is 0 Å². The Morgan fingerprint density at radius 3 is 2.73 bits per heavy atom. The SMILES string of the molecule is CC1(c2nc3ccc(Br)cc3c3[nH]c(=O)[nH]c23)CCOCC1. The van der Waals surface area contributed by atoms with Crippen molar-refractivity contribution in [2.45, 2.75) is 25.2 Å². The van der Waals surface area contributed by atoms with Gasteiger partial charge >= 0.3 is 5.69 Å². The minimum Gasteiger partial charge on any atom is -0.381 e. The van der Waals surface area contributed by atoms with Crippen molar-refractivity contribution in [3.8, 4) is 0 Å². The van der Waals surface area contributed by atoms with E-state index in [0.717, 1.165) is 58.2 Å². The fourth-order valence-corrected chi connectivity index (χ4v) is 3.60. The number of imidazole rings is 1. The zero-order valence-corrected chi connectivity index (χ0v) is 13.8. The number of hydrogen-bond acceptors (Lipinski definition) is 3. The molecule has 0 unspecified atom stereocenters. The monoisotopic (exact) mass is 361 g/mol. The van der Waals surface area contributed by atoms with Gasteiger partial charge in [-0.1, -0.05) is 22.9 Å². The van der Waals surface area contributed by atoms with Crippen LogP contribution in [0.2, 0.25) is 0 Å². The number of aromatic amines is 2. The van der Waals surface area contributed by atoms with E-state index in [1.165, 1.54) is 0 Å². The second-order valence-corrected chi connectivity index (χ2v) is 7.04. The maximum absolute atomic E-state index is 11.9. The Labute approximate surface area is 135 Å². The number of rotatable bonds is 1. The standard InChI is InChI=1S/C16H16BrN3O2/c1-16(4-6-22-7-5-16)14-13-12(19-15(21)20-13)10-8-9(17)2-3-11(10)18-14/h2-3,8H,4-7H2,1H3,(H2,19,20,21). The van der Waals surface area contributed by atoms with Crippen molar-refractivity contribution >= 4 is 37.9 Å². The van der Waals surface area contributed by atoms with Gasteiger partial charge in [0.25, 0.3) is 0 Å². The van der Waals surface area contributed by atoms with Crippen LogP contribution >= 0.6 is 15.9 Å². The third-order valence-corrected chi connectivity index (χ3v) is 5.09. The van der Waals surface area contributed by atoms with Crippen molar-refractivity contribution in [3.63, 3.8) is 0 Å². The van der Waals surface area contributed by atoms with E-state index in [0.29, 0.717) is 0 Å². The third-order valence-electron chi connectivity index (χ3n) is 4.59. The van der Waals surface area contributed by atoms with Gasteiger partial charge in [-0.2, -0.15) is 0 Å². The van der Waals surface area contributed by atoms with Gasteiger partial charge in [0.05, 0.1) is 22.2 Å². The molecule has 5 nitrogen and oxygen atoms in total. The van der Waals surface area contributed by atoms with Crippen molar-refractivity contribution in [2.24, 2.45) is 0 Å². The first-order chi connectivity index (χ1) is 10.6. The minimum absolute atomic E-state index is 0.0805. The molecule has 0 bridgehead atoms. The number of fused-ring (bicyclic) bond motifs is 3. The van der Waals surface area contributed by atoms with Gasteiger partial charge in [0, 0.05) is 28.5 Å². The third kappa shape index (κ3) is 2.09. The number of ether oxygens (including phenoxy) is 1. The van der Waals surface area contributed by atoms with Gasteiger partial charge < -0.3 is 14.7 Å².